The number of nitrogens with one attached hydrogen (secondary N) is 2. The zero-order valence-electron chi connectivity index (χ0n) is 14.7. The number of amides is 1. The number of hydrogen-bond donors (Lipinski definition) is 2. The van der Waals surface area contributed by atoms with E-state index in [0.717, 1.165) is 49.6 Å². The van der Waals surface area contributed by atoms with Gasteiger partial charge in [0.15, 0.2) is 0 Å². The third-order valence-electron chi connectivity index (χ3n) is 4.12. The third kappa shape index (κ3) is 5.25. The summed E-state index contributed by atoms with van der Waals surface area (Å²) >= 11 is 0. The molecule has 0 spiro atoms. The van der Waals surface area contributed by atoms with Gasteiger partial charge >= 0.3 is 0 Å². The van der Waals surface area contributed by atoms with Crippen molar-refractivity contribution in [1.82, 2.24) is 15.5 Å². The number of carbonyl (C=O) groups excluding carboxylic acids is 1. The highest BCUT2D eigenvalue weighted by molar-refractivity contribution is 5.95. The minimum atomic E-state index is -0.0829. The zero-order chi connectivity index (χ0) is 17.4. The quantitative estimate of drug-likeness (QED) is 0.733. The van der Waals surface area contributed by atoms with Crippen molar-refractivity contribution in [1.29, 1.82) is 0 Å². The fourth-order valence-electron chi connectivity index (χ4n) is 2.72. The molecule has 132 valence electrons. The molecule has 0 saturated carbocycles. The molecule has 0 radical (unpaired) electrons. The van der Waals surface area contributed by atoms with Crippen LogP contribution >= 0.6 is 0 Å². The van der Waals surface area contributed by atoms with E-state index in [9.17, 15) is 4.79 Å². The average Bonchev–Trinajstić information content (AvgIpc) is 2.61. The molecule has 0 aromatic heterocycles. The maximum atomic E-state index is 12.1. The molecule has 6 heteroatoms. The first-order valence-corrected chi connectivity index (χ1v) is 8.25. The number of benzene rings is 1. The molecule has 1 amide bonds. The highest BCUT2D eigenvalue weighted by Crippen LogP contribution is 2.29. The number of nitrogens with zero attached hydrogens (tertiary/aromatic N) is 1. The van der Waals surface area contributed by atoms with Gasteiger partial charge in [-0.3, -0.25) is 9.69 Å². The number of rotatable bonds is 7. The van der Waals surface area contributed by atoms with Crippen LogP contribution in [-0.4, -0.2) is 64.3 Å². The summed E-state index contributed by atoms with van der Waals surface area (Å²) in [6.07, 6.45) is 1.61. The van der Waals surface area contributed by atoms with Crippen LogP contribution in [0.5, 0.6) is 11.5 Å². The molecule has 1 fully saturated rings. The summed E-state index contributed by atoms with van der Waals surface area (Å²) in [7, 11) is 3.22. The van der Waals surface area contributed by atoms with Crippen LogP contribution in [0.25, 0.3) is 5.57 Å². The van der Waals surface area contributed by atoms with Crippen LogP contribution in [-0.2, 0) is 4.79 Å². The van der Waals surface area contributed by atoms with Crippen molar-refractivity contribution >= 4 is 11.5 Å². The zero-order valence-corrected chi connectivity index (χ0v) is 14.7. The Morgan fingerprint density at radius 1 is 1.29 bits per heavy atom. The first-order chi connectivity index (χ1) is 11.6. The second kappa shape index (κ2) is 9.30. The monoisotopic (exact) mass is 333 g/mol. The van der Waals surface area contributed by atoms with E-state index in [1.807, 2.05) is 25.1 Å². The second-order valence-electron chi connectivity index (χ2n) is 5.78. The lowest BCUT2D eigenvalue weighted by Gasteiger charge is -2.26. The van der Waals surface area contributed by atoms with E-state index in [4.69, 9.17) is 9.47 Å². The molecule has 1 aliphatic rings. The van der Waals surface area contributed by atoms with Crippen LogP contribution < -0.4 is 20.1 Å². The van der Waals surface area contributed by atoms with Gasteiger partial charge in [-0.1, -0.05) is 0 Å². The molecule has 0 unspecified atom stereocenters. The number of allylic oxidation sites excluding steroid dienone is 1. The number of hydrogen-bond acceptors (Lipinski definition) is 5. The highest BCUT2D eigenvalue weighted by atomic mass is 16.5. The predicted octanol–water partition coefficient (Wildman–Crippen LogP) is 1.13. The summed E-state index contributed by atoms with van der Waals surface area (Å²) in [6.45, 7) is 7.55. The van der Waals surface area contributed by atoms with Crippen LogP contribution in [0.15, 0.2) is 24.3 Å². The second-order valence-corrected chi connectivity index (χ2v) is 5.78. The highest BCUT2D eigenvalue weighted by Gasteiger charge is 2.10. The van der Waals surface area contributed by atoms with Crippen LogP contribution in [0.3, 0.4) is 0 Å². The number of methoxy groups -OCH3 is 2. The van der Waals surface area contributed by atoms with Crippen LogP contribution in [0, 0.1) is 0 Å². The lowest BCUT2D eigenvalue weighted by Crippen LogP contribution is -2.46. The normalized spacial score (nSPS) is 15.9. The van der Waals surface area contributed by atoms with E-state index in [0.29, 0.717) is 12.3 Å². The van der Waals surface area contributed by atoms with Crippen LogP contribution in [0.1, 0.15) is 12.5 Å². The minimum Gasteiger partial charge on any atom is -0.497 e. The molecule has 1 aromatic rings. The number of ether oxygens (including phenoxy) is 2. The Morgan fingerprint density at radius 3 is 2.71 bits per heavy atom. The number of piperazine rings is 1. The van der Waals surface area contributed by atoms with Gasteiger partial charge in [0.05, 0.1) is 14.2 Å². The lowest BCUT2D eigenvalue weighted by molar-refractivity contribution is -0.116. The molecule has 1 saturated heterocycles. The molecule has 2 N–H and O–H groups in total. The molecular weight excluding hydrogens is 306 g/mol. The van der Waals surface area contributed by atoms with Gasteiger partial charge < -0.3 is 20.1 Å². The molecule has 24 heavy (non-hydrogen) atoms. The maximum absolute atomic E-state index is 12.1. The Labute approximate surface area is 143 Å². The Kier molecular flexibility index (Phi) is 7.08. The van der Waals surface area contributed by atoms with Crippen molar-refractivity contribution in [2.45, 2.75) is 6.92 Å². The van der Waals surface area contributed by atoms with Crippen molar-refractivity contribution in [3.63, 3.8) is 0 Å². The molecule has 0 bridgehead atoms. The van der Waals surface area contributed by atoms with E-state index in [2.05, 4.69) is 15.5 Å². The fraction of sp³-hybridized carbons (Fsp3) is 0.500. The summed E-state index contributed by atoms with van der Waals surface area (Å²) in [6, 6.07) is 5.57. The number of carbonyl (C=O) groups is 1. The first-order valence-electron chi connectivity index (χ1n) is 8.25. The Hall–Kier alpha value is -2.05. The van der Waals surface area contributed by atoms with E-state index in [1.54, 1.807) is 20.3 Å². The Morgan fingerprint density at radius 2 is 2.04 bits per heavy atom. The van der Waals surface area contributed by atoms with E-state index in [-0.39, 0.29) is 5.91 Å². The van der Waals surface area contributed by atoms with Gasteiger partial charge in [-0.05, 0) is 24.6 Å². The Bertz CT molecular complexity index is 581. The molecule has 2 rings (SSSR count). The summed E-state index contributed by atoms with van der Waals surface area (Å²) in [5.41, 5.74) is 1.74. The lowest BCUT2D eigenvalue weighted by atomic mass is 10.1. The SMILES string of the molecule is COc1ccc(/C(C)=C/C(=O)NCCN2CCNCC2)c(OC)c1. The van der Waals surface area contributed by atoms with E-state index < -0.39 is 0 Å². The van der Waals surface area contributed by atoms with Gasteiger partial charge in [-0.15, -0.1) is 0 Å². The van der Waals surface area contributed by atoms with Gasteiger partial charge in [-0.25, -0.2) is 0 Å². The fourth-order valence-corrected chi connectivity index (χ4v) is 2.72. The van der Waals surface area contributed by atoms with Crippen LogP contribution in [0.2, 0.25) is 0 Å². The summed E-state index contributed by atoms with van der Waals surface area (Å²) in [4.78, 5) is 14.5. The van der Waals surface area contributed by atoms with Crippen LogP contribution in [0.4, 0.5) is 0 Å². The molecule has 1 heterocycles. The smallest absolute Gasteiger partial charge is 0.244 e. The third-order valence-corrected chi connectivity index (χ3v) is 4.12. The van der Waals surface area contributed by atoms with Crippen molar-refractivity contribution in [3.05, 3.63) is 29.8 Å². The topological polar surface area (TPSA) is 62.8 Å². The minimum absolute atomic E-state index is 0.0829. The first kappa shape index (κ1) is 18.3. The van der Waals surface area contributed by atoms with Crippen molar-refractivity contribution in [2.75, 3.05) is 53.5 Å². The standard InChI is InChI=1S/C18H27N3O3/c1-14(16-5-4-15(23-2)13-17(16)24-3)12-18(22)20-8-11-21-9-6-19-7-10-21/h4-5,12-13,19H,6-11H2,1-3H3,(H,20,22)/b14-12+. The van der Waals surface area contributed by atoms with Crippen molar-refractivity contribution in [3.8, 4) is 11.5 Å². The molecule has 6 nitrogen and oxygen atoms in total. The molecule has 1 aliphatic heterocycles. The summed E-state index contributed by atoms with van der Waals surface area (Å²) in [5, 5.41) is 6.27. The summed E-state index contributed by atoms with van der Waals surface area (Å²) < 4.78 is 10.6. The molecule has 0 aliphatic carbocycles. The maximum Gasteiger partial charge on any atom is 0.244 e. The van der Waals surface area contributed by atoms with E-state index in [1.165, 1.54) is 0 Å². The Balaban J connectivity index is 1.90. The van der Waals surface area contributed by atoms with Gasteiger partial charge in [0.2, 0.25) is 5.91 Å². The molecule has 0 atom stereocenters. The van der Waals surface area contributed by atoms with Gasteiger partial charge in [0, 0.05) is 57.0 Å². The van der Waals surface area contributed by atoms with Crippen molar-refractivity contribution < 1.29 is 14.3 Å². The van der Waals surface area contributed by atoms with Gasteiger partial charge in [0.1, 0.15) is 11.5 Å². The molecule has 1 aromatic carbocycles. The van der Waals surface area contributed by atoms with E-state index >= 15 is 0 Å². The predicted molar refractivity (Wildman–Crippen MR) is 95.5 cm³/mol. The average molecular weight is 333 g/mol. The largest absolute Gasteiger partial charge is 0.497 e. The van der Waals surface area contributed by atoms with Crippen molar-refractivity contribution in [2.24, 2.45) is 0 Å². The summed E-state index contributed by atoms with van der Waals surface area (Å²) in [5.74, 6) is 1.33. The van der Waals surface area contributed by atoms with Gasteiger partial charge in [0.25, 0.3) is 0 Å². The van der Waals surface area contributed by atoms with Gasteiger partial charge in [-0.2, -0.15) is 0 Å². The molecular formula is C18H27N3O3.